The Kier molecular flexibility index (Phi) is 5.79. The maximum absolute atomic E-state index is 12.7. The van der Waals surface area contributed by atoms with Crippen LogP contribution in [0.15, 0.2) is 42.5 Å². The lowest BCUT2D eigenvalue weighted by atomic mass is 10.1. The lowest BCUT2D eigenvalue weighted by Crippen LogP contribution is -2.25. The molecule has 0 saturated heterocycles. The Hall–Kier alpha value is -2.82. The van der Waals surface area contributed by atoms with Crippen LogP contribution in [0, 0.1) is 6.92 Å². The van der Waals surface area contributed by atoms with Crippen molar-refractivity contribution in [2.24, 2.45) is 0 Å². The van der Waals surface area contributed by atoms with E-state index in [2.05, 4.69) is 35.4 Å². The molecule has 2 amide bonds. The van der Waals surface area contributed by atoms with Crippen LogP contribution in [-0.2, 0) is 0 Å². The van der Waals surface area contributed by atoms with Crippen LogP contribution in [-0.4, -0.2) is 30.9 Å². The fourth-order valence-electron chi connectivity index (χ4n) is 3.07. The van der Waals surface area contributed by atoms with Gasteiger partial charge in [0.25, 0.3) is 11.8 Å². The molecule has 27 heavy (non-hydrogen) atoms. The normalized spacial score (nSPS) is 13.1. The molecule has 2 N–H and O–H groups in total. The quantitative estimate of drug-likeness (QED) is 0.780. The number of carbonyl (C=O) groups is 2. The number of nitrogens with zero attached hydrogens (tertiary/aromatic N) is 1. The highest BCUT2D eigenvalue weighted by molar-refractivity contribution is 6.06. The molecule has 0 radical (unpaired) electrons. The summed E-state index contributed by atoms with van der Waals surface area (Å²) in [6.07, 6.45) is 2.07. The smallest absolute Gasteiger partial charge is 0.255 e. The highest BCUT2D eigenvalue weighted by Gasteiger charge is 2.24. The molecule has 0 bridgehead atoms. The van der Waals surface area contributed by atoms with Crippen molar-refractivity contribution in [3.8, 4) is 0 Å². The van der Waals surface area contributed by atoms with E-state index in [1.165, 1.54) is 0 Å². The second-order valence-corrected chi connectivity index (χ2v) is 6.95. The molecule has 3 rings (SSSR count). The van der Waals surface area contributed by atoms with Crippen LogP contribution in [0.2, 0.25) is 0 Å². The SMILES string of the molecule is CCN(CC)c1ccc(NC(=O)c2cccc(C(=O)NC3CC3)c2)c(C)c1. The summed E-state index contributed by atoms with van der Waals surface area (Å²) >= 11 is 0. The van der Waals surface area contributed by atoms with Crippen molar-refractivity contribution in [1.82, 2.24) is 5.32 Å². The zero-order valence-electron chi connectivity index (χ0n) is 16.2. The molecule has 0 aliphatic heterocycles. The van der Waals surface area contributed by atoms with Gasteiger partial charge < -0.3 is 15.5 Å². The molecule has 2 aromatic rings. The van der Waals surface area contributed by atoms with E-state index in [0.29, 0.717) is 17.2 Å². The number of hydrogen-bond donors (Lipinski definition) is 2. The molecule has 1 saturated carbocycles. The number of nitrogens with one attached hydrogen (secondary N) is 2. The largest absolute Gasteiger partial charge is 0.372 e. The van der Waals surface area contributed by atoms with Gasteiger partial charge in [-0.1, -0.05) is 6.07 Å². The molecule has 142 valence electrons. The maximum Gasteiger partial charge on any atom is 0.255 e. The van der Waals surface area contributed by atoms with Gasteiger partial charge in [0.15, 0.2) is 0 Å². The standard InChI is InChI=1S/C22H27N3O2/c1-4-25(5-2)19-11-12-20(15(3)13-19)24-22(27)17-8-6-7-16(14-17)21(26)23-18-9-10-18/h6-8,11-14,18H,4-5,9-10H2,1-3H3,(H,23,26)(H,24,27). The minimum Gasteiger partial charge on any atom is -0.372 e. The van der Waals surface area contributed by atoms with Gasteiger partial charge in [-0.15, -0.1) is 0 Å². The van der Waals surface area contributed by atoms with E-state index >= 15 is 0 Å². The zero-order chi connectivity index (χ0) is 19.4. The van der Waals surface area contributed by atoms with Gasteiger partial charge in [0.05, 0.1) is 0 Å². The molecule has 0 unspecified atom stereocenters. The lowest BCUT2D eigenvalue weighted by molar-refractivity contribution is 0.0951. The van der Waals surface area contributed by atoms with E-state index in [0.717, 1.165) is 42.9 Å². The van der Waals surface area contributed by atoms with Gasteiger partial charge in [-0.3, -0.25) is 9.59 Å². The molecule has 0 spiro atoms. The van der Waals surface area contributed by atoms with Gasteiger partial charge in [0.1, 0.15) is 0 Å². The highest BCUT2D eigenvalue weighted by Crippen LogP contribution is 2.23. The minimum absolute atomic E-state index is 0.119. The second-order valence-electron chi connectivity index (χ2n) is 6.95. The van der Waals surface area contributed by atoms with Crippen molar-refractivity contribution in [3.05, 3.63) is 59.2 Å². The predicted molar refractivity (Wildman–Crippen MR) is 110 cm³/mol. The van der Waals surface area contributed by atoms with Gasteiger partial charge in [-0.25, -0.2) is 0 Å². The van der Waals surface area contributed by atoms with E-state index in [9.17, 15) is 9.59 Å². The summed E-state index contributed by atoms with van der Waals surface area (Å²) in [5.74, 6) is -0.332. The van der Waals surface area contributed by atoms with Gasteiger partial charge in [0, 0.05) is 41.6 Å². The summed E-state index contributed by atoms with van der Waals surface area (Å²) in [7, 11) is 0. The van der Waals surface area contributed by atoms with Crippen molar-refractivity contribution in [3.63, 3.8) is 0 Å². The number of anilines is 2. The first-order valence-corrected chi connectivity index (χ1v) is 9.59. The van der Waals surface area contributed by atoms with Crippen LogP contribution in [0.3, 0.4) is 0 Å². The average molecular weight is 365 g/mol. The molecule has 0 aromatic heterocycles. The summed E-state index contributed by atoms with van der Waals surface area (Å²) in [5.41, 5.74) is 3.93. The van der Waals surface area contributed by atoms with E-state index in [1.807, 2.05) is 19.1 Å². The van der Waals surface area contributed by atoms with Crippen molar-refractivity contribution in [1.29, 1.82) is 0 Å². The first-order valence-electron chi connectivity index (χ1n) is 9.59. The fraction of sp³-hybridized carbons (Fsp3) is 0.364. The summed E-state index contributed by atoms with van der Waals surface area (Å²) in [6, 6.07) is 13.2. The van der Waals surface area contributed by atoms with E-state index in [-0.39, 0.29) is 11.8 Å². The van der Waals surface area contributed by atoms with E-state index in [4.69, 9.17) is 0 Å². The average Bonchev–Trinajstić information content (AvgIpc) is 3.49. The predicted octanol–water partition coefficient (Wildman–Crippen LogP) is 3.99. The van der Waals surface area contributed by atoms with Crippen LogP contribution < -0.4 is 15.5 Å². The zero-order valence-corrected chi connectivity index (χ0v) is 16.2. The van der Waals surface area contributed by atoms with Crippen molar-refractivity contribution in [2.75, 3.05) is 23.3 Å². The summed E-state index contributed by atoms with van der Waals surface area (Å²) < 4.78 is 0. The molecule has 5 nitrogen and oxygen atoms in total. The Morgan fingerprint density at radius 1 is 1.00 bits per heavy atom. The number of rotatable bonds is 7. The van der Waals surface area contributed by atoms with E-state index in [1.54, 1.807) is 24.3 Å². The first-order chi connectivity index (χ1) is 13.0. The van der Waals surface area contributed by atoms with Crippen molar-refractivity contribution >= 4 is 23.2 Å². The summed E-state index contributed by atoms with van der Waals surface area (Å²) in [5, 5.41) is 5.91. The Balaban J connectivity index is 1.72. The van der Waals surface area contributed by atoms with Gasteiger partial charge in [0.2, 0.25) is 0 Å². The summed E-state index contributed by atoms with van der Waals surface area (Å²) in [6.45, 7) is 8.12. The van der Waals surface area contributed by atoms with E-state index < -0.39 is 0 Å². The molecule has 0 heterocycles. The molecular weight excluding hydrogens is 338 g/mol. The molecule has 0 atom stereocenters. The van der Waals surface area contributed by atoms with Crippen LogP contribution in [0.1, 0.15) is 53.0 Å². The molecule has 5 heteroatoms. The van der Waals surface area contributed by atoms with Gasteiger partial charge in [-0.05, 0) is 75.6 Å². The van der Waals surface area contributed by atoms with Crippen LogP contribution in [0.25, 0.3) is 0 Å². The number of carbonyl (C=O) groups excluding carboxylic acids is 2. The molecule has 2 aromatic carbocycles. The van der Waals surface area contributed by atoms with Crippen molar-refractivity contribution < 1.29 is 9.59 Å². The summed E-state index contributed by atoms with van der Waals surface area (Å²) in [4.78, 5) is 27.1. The first kappa shape index (κ1) is 19.0. The third kappa shape index (κ3) is 4.67. The lowest BCUT2D eigenvalue weighted by Gasteiger charge is -2.22. The van der Waals surface area contributed by atoms with Crippen LogP contribution in [0.5, 0.6) is 0 Å². The molecule has 1 aliphatic carbocycles. The number of benzene rings is 2. The third-order valence-electron chi connectivity index (χ3n) is 4.89. The Labute approximate surface area is 160 Å². The Morgan fingerprint density at radius 3 is 2.26 bits per heavy atom. The minimum atomic E-state index is -0.213. The highest BCUT2D eigenvalue weighted by atomic mass is 16.2. The van der Waals surface area contributed by atoms with Crippen LogP contribution >= 0.6 is 0 Å². The number of amides is 2. The maximum atomic E-state index is 12.7. The molecule has 1 aliphatic rings. The topological polar surface area (TPSA) is 61.4 Å². The van der Waals surface area contributed by atoms with Crippen molar-refractivity contribution in [2.45, 2.75) is 39.7 Å². The number of hydrogen-bond acceptors (Lipinski definition) is 3. The fourth-order valence-corrected chi connectivity index (χ4v) is 3.07. The Bertz CT molecular complexity index is 839. The number of aryl methyl sites for hydroxylation is 1. The monoisotopic (exact) mass is 365 g/mol. The molecular formula is C22H27N3O2. The molecule has 1 fully saturated rings. The van der Waals surface area contributed by atoms with Crippen LogP contribution in [0.4, 0.5) is 11.4 Å². The third-order valence-corrected chi connectivity index (χ3v) is 4.89. The Morgan fingerprint density at radius 2 is 1.67 bits per heavy atom. The van der Waals surface area contributed by atoms with Gasteiger partial charge in [-0.2, -0.15) is 0 Å². The van der Waals surface area contributed by atoms with Gasteiger partial charge >= 0.3 is 0 Å². The second kappa shape index (κ2) is 8.25.